The van der Waals surface area contributed by atoms with Gasteiger partial charge >= 0.3 is 0 Å². The van der Waals surface area contributed by atoms with E-state index in [1.165, 1.54) is 0 Å². The smallest absolute Gasteiger partial charge is 0.249 e. The van der Waals surface area contributed by atoms with Crippen LogP contribution in [-0.4, -0.2) is 72.0 Å². The molecule has 192 valence electrons. The highest BCUT2D eigenvalue weighted by Gasteiger charge is 2.44. The molecule has 0 radical (unpaired) electrons. The molecule has 0 aromatic rings. The maximum atomic E-state index is 13.2. The molecule has 6 atom stereocenters. The second-order valence-corrected chi connectivity index (χ2v) is 8.29. The summed E-state index contributed by atoms with van der Waals surface area (Å²) in [7, 11) is 1.64. The van der Waals surface area contributed by atoms with Crippen molar-refractivity contribution in [1.29, 1.82) is 0 Å². The first-order valence-corrected chi connectivity index (χ1v) is 11.9. The number of likely N-dealkylation sites (N-methyl/N-ethyl adjacent to an activating group) is 1. The summed E-state index contributed by atoms with van der Waals surface area (Å²) < 4.78 is 38.9. The average Bonchev–Trinajstić information content (AvgIpc) is 3.35. The third-order valence-corrected chi connectivity index (χ3v) is 6.10. The number of hydrogen-bond acceptors (Lipinski definition) is 4. The molecule has 2 aliphatic rings. The maximum absolute atomic E-state index is 13.2. The summed E-state index contributed by atoms with van der Waals surface area (Å²) in [6.07, 6.45) is 0.824. The Bertz CT molecular complexity index is 544. The second kappa shape index (κ2) is 15.5. The summed E-state index contributed by atoms with van der Waals surface area (Å²) in [6, 6.07) is -0.509. The molecule has 9 heteroatoms. The highest BCUT2D eigenvalue weighted by molar-refractivity contribution is 5.80. The second-order valence-electron chi connectivity index (χ2n) is 8.29. The molecule has 32 heavy (non-hydrogen) atoms. The van der Waals surface area contributed by atoms with Crippen LogP contribution in [-0.2, 0) is 9.59 Å². The van der Waals surface area contributed by atoms with Gasteiger partial charge in [0.15, 0.2) is 0 Å². The number of alkyl halides is 3. The highest BCUT2D eigenvalue weighted by Crippen LogP contribution is 2.34. The zero-order valence-corrected chi connectivity index (χ0v) is 21.5. The molecule has 2 fully saturated rings. The number of primary amides is 2. The Morgan fingerprint density at radius 2 is 1.47 bits per heavy atom. The van der Waals surface area contributed by atoms with Crippen LogP contribution in [0.1, 0.15) is 74.7 Å². The maximum Gasteiger partial charge on any atom is 0.249 e. The van der Waals surface area contributed by atoms with Crippen LogP contribution < -0.4 is 11.5 Å². The largest absolute Gasteiger partial charge is 0.368 e. The van der Waals surface area contributed by atoms with Gasteiger partial charge in [0, 0.05) is 31.0 Å². The van der Waals surface area contributed by atoms with E-state index >= 15 is 0 Å². The molecule has 6 nitrogen and oxygen atoms in total. The molecule has 0 saturated carbocycles. The summed E-state index contributed by atoms with van der Waals surface area (Å²) in [4.78, 5) is 25.7. The minimum absolute atomic E-state index is 0.0449. The Morgan fingerprint density at radius 3 is 1.75 bits per heavy atom. The summed E-state index contributed by atoms with van der Waals surface area (Å²) in [5.41, 5.74) is 10.4. The highest BCUT2D eigenvalue weighted by atomic mass is 19.3. The van der Waals surface area contributed by atoms with Crippen LogP contribution in [0.25, 0.3) is 0 Å². The molecular formula is C23H47F3N4O2. The van der Waals surface area contributed by atoms with E-state index in [1.54, 1.807) is 18.9 Å². The van der Waals surface area contributed by atoms with E-state index in [1.807, 2.05) is 32.6 Å². The molecule has 2 rings (SSSR count). The van der Waals surface area contributed by atoms with Crippen molar-refractivity contribution in [3.05, 3.63) is 0 Å². The van der Waals surface area contributed by atoms with Crippen molar-refractivity contribution < 1.29 is 22.8 Å². The summed E-state index contributed by atoms with van der Waals surface area (Å²) in [5.74, 6) is -4.36. The summed E-state index contributed by atoms with van der Waals surface area (Å²) in [6.45, 7) is 15.4. The SMILES string of the molecule is CC.CC.CCC(C)N1CC(C(C)F)CC1C(N)=O.CN1CC(C(C)(F)F)C[C@H]1C(N)=O. The lowest BCUT2D eigenvalue weighted by Gasteiger charge is -2.28. The molecule has 2 heterocycles. The molecule has 2 aliphatic heterocycles. The predicted octanol–water partition coefficient (Wildman–Crippen LogP) is 3.82. The van der Waals surface area contributed by atoms with Crippen LogP contribution in [0.3, 0.4) is 0 Å². The first-order valence-electron chi connectivity index (χ1n) is 11.9. The van der Waals surface area contributed by atoms with Gasteiger partial charge in [0.05, 0.1) is 12.1 Å². The van der Waals surface area contributed by atoms with Gasteiger partial charge in [-0.05, 0) is 47.1 Å². The zero-order valence-electron chi connectivity index (χ0n) is 21.5. The van der Waals surface area contributed by atoms with E-state index in [0.717, 1.165) is 13.3 Å². The van der Waals surface area contributed by atoms with Crippen molar-refractivity contribution in [3.63, 3.8) is 0 Å². The average molecular weight is 469 g/mol. The van der Waals surface area contributed by atoms with Crippen LogP contribution in [0.5, 0.6) is 0 Å². The van der Waals surface area contributed by atoms with Gasteiger partial charge in [-0.3, -0.25) is 19.4 Å². The quantitative estimate of drug-likeness (QED) is 0.620. The first kappa shape index (κ1) is 32.8. The van der Waals surface area contributed by atoms with Crippen LogP contribution >= 0.6 is 0 Å². The normalized spacial score (nSPS) is 27.6. The Balaban J connectivity index is 0. The fourth-order valence-electron chi connectivity index (χ4n) is 3.93. The molecule has 2 amide bonds. The third-order valence-electron chi connectivity index (χ3n) is 6.10. The standard InChI is InChI=1S/C11H21FN2O.C8H14F2N2O.2C2H6/c1-4-7(2)14-6-9(8(3)12)5-10(14)11(13)15;1-8(9,10)5-3-6(7(11)13)12(2)4-5;2*1-2/h7-10H,4-6H2,1-3H3,(H2,13,15);5-6H,3-4H2,1-2H3,(H2,11,13);2*1-2H3/t;5?,6-;;/m.0../s1. The minimum Gasteiger partial charge on any atom is -0.368 e. The lowest BCUT2D eigenvalue weighted by Crippen LogP contribution is -2.44. The van der Waals surface area contributed by atoms with Gasteiger partial charge in [0.2, 0.25) is 17.7 Å². The molecule has 0 aliphatic carbocycles. The molecule has 0 aromatic carbocycles. The fourth-order valence-corrected chi connectivity index (χ4v) is 3.93. The molecule has 4 N–H and O–H groups in total. The van der Waals surface area contributed by atoms with Crippen molar-refractivity contribution in [1.82, 2.24) is 9.80 Å². The van der Waals surface area contributed by atoms with Gasteiger partial charge in [0.25, 0.3) is 0 Å². The van der Waals surface area contributed by atoms with Gasteiger partial charge in [-0.1, -0.05) is 34.6 Å². The van der Waals surface area contributed by atoms with Crippen LogP contribution in [0.4, 0.5) is 13.2 Å². The Hall–Kier alpha value is -1.35. The molecule has 0 bridgehead atoms. The van der Waals surface area contributed by atoms with E-state index in [9.17, 15) is 22.8 Å². The number of nitrogens with two attached hydrogens (primary N) is 2. The molecule has 0 spiro atoms. The topological polar surface area (TPSA) is 92.7 Å². The Labute approximate surface area is 193 Å². The first-order chi connectivity index (χ1) is 14.8. The molecule has 5 unspecified atom stereocenters. The van der Waals surface area contributed by atoms with Gasteiger partial charge in [-0.25, -0.2) is 13.2 Å². The number of hydrogen-bond donors (Lipinski definition) is 2. The molecular weight excluding hydrogens is 421 g/mol. The van der Waals surface area contributed by atoms with E-state index in [0.29, 0.717) is 19.0 Å². The minimum atomic E-state index is -2.72. The summed E-state index contributed by atoms with van der Waals surface area (Å²) >= 11 is 0. The van der Waals surface area contributed by atoms with Crippen molar-refractivity contribution in [2.24, 2.45) is 23.3 Å². The number of likely N-dealkylation sites (tertiary alicyclic amines) is 2. The van der Waals surface area contributed by atoms with Crippen molar-refractivity contribution in [2.45, 2.75) is 105 Å². The Kier molecular flexibility index (Phi) is 15.9. The van der Waals surface area contributed by atoms with Crippen molar-refractivity contribution >= 4 is 11.8 Å². The van der Waals surface area contributed by atoms with E-state index in [4.69, 9.17) is 11.5 Å². The van der Waals surface area contributed by atoms with Gasteiger partial charge in [-0.2, -0.15) is 0 Å². The number of rotatable bonds is 6. The number of halogens is 3. The fraction of sp³-hybridized carbons (Fsp3) is 0.913. The Morgan fingerprint density at radius 1 is 1.00 bits per heavy atom. The number of carbonyl (C=O) groups is 2. The molecule has 2 saturated heterocycles. The summed E-state index contributed by atoms with van der Waals surface area (Å²) in [5, 5.41) is 0. The van der Waals surface area contributed by atoms with Gasteiger partial charge in [0.1, 0.15) is 6.17 Å². The van der Waals surface area contributed by atoms with E-state index in [-0.39, 0.29) is 30.8 Å². The monoisotopic (exact) mass is 468 g/mol. The lowest BCUT2D eigenvalue weighted by atomic mass is 9.99. The number of nitrogens with zero attached hydrogens (tertiary/aromatic N) is 2. The third kappa shape index (κ3) is 10.1. The van der Waals surface area contributed by atoms with Gasteiger partial charge < -0.3 is 11.5 Å². The van der Waals surface area contributed by atoms with E-state index in [2.05, 4.69) is 13.8 Å². The number of carbonyl (C=O) groups excluding carboxylic acids is 2. The molecule has 0 aromatic heterocycles. The zero-order chi connectivity index (χ0) is 25.8. The van der Waals surface area contributed by atoms with Crippen LogP contribution in [0.15, 0.2) is 0 Å². The van der Waals surface area contributed by atoms with E-state index < -0.39 is 30.0 Å². The van der Waals surface area contributed by atoms with Crippen LogP contribution in [0, 0.1) is 11.8 Å². The van der Waals surface area contributed by atoms with Crippen molar-refractivity contribution in [2.75, 3.05) is 20.1 Å². The predicted molar refractivity (Wildman–Crippen MR) is 125 cm³/mol. The number of amides is 2. The lowest BCUT2D eigenvalue weighted by molar-refractivity contribution is -0.123. The van der Waals surface area contributed by atoms with Gasteiger partial charge in [-0.15, -0.1) is 0 Å². The van der Waals surface area contributed by atoms with Crippen LogP contribution in [0.2, 0.25) is 0 Å². The van der Waals surface area contributed by atoms with Crippen molar-refractivity contribution in [3.8, 4) is 0 Å².